The Morgan fingerprint density at radius 1 is 1.35 bits per heavy atom. The molecule has 26 heavy (non-hydrogen) atoms. The molecule has 0 aliphatic rings. The summed E-state index contributed by atoms with van der Waals surface area (Å²) in [5.74, 6) is -1.25. The van der Waals surface area contributed by atoms with Gasteiger partial charge >= 0.3 is 11.7 Å². The fraction of sp³-hybridized carbons (Fsp3) is 0.312. The van der Waals surface area contributed by atoms with Crippen molar-refractivity contribution >= 4 is 28.2 Å². The molecule has 2 aromatic heterocycles. The molecule has 0 aliphatic heterocycles. The van der Waals surface area contributed by atoms with Gasteiger partial charge in [0.25, 0.3) is 5.56 Å². The van der Waals surface area contributed by atoms with Crippen molar-refractivity contribution in [2.75, 3.05) is 11.9 Å². The largest absolute Gasteiger partial charge is 0.462 e. The van der Waals surface area contributed by atoms with E-state index in [-0.39, 0.29) is 29.3 Å². The van der Waals surface area contributed by atoms with Crippen LogP contribution in [0, 0.1) is 11.3 Å². The van der Waals surface area contributed by atoms with Crippen LogP contribution in [0.4, 0.5) is 5.00 Å². The summed E-state index contributed by atoms with van der Waals surface area (Å²) in [6.07, 6.45) is 1.16. The quantitative estimate of drug-likeness (QED) is 0.743. The molecule has 0 atom stereocenters. The van der Waals surface area contributed by atoms with Gasteiger partial charge in [-0.1, -0.05) is 0 Å². The number of hydrogen-bond acceptors (Lipinski definition) is 7. The third kappa shape index (κ3) is 3.89. The molecule has 0 aliphatic carbocycles. The smallest absolute Gasteiger partial charge is 0.341 e. The molecule has 2 aromatic rings. The molecule has 0 fully saturated rings. The first-order valence-electron chi connectivity index (χ1n) is 7.71. The minimum absolute atomic E-state index is 0.189. The van der Waals surface area contributed by atoms with Crippen molar-refractivity contribution in [3.05, 3.63) is 49.6 Å². The second-order valence-corrected chi connectivity index (χ2v) is 5.96. The number of ether oxygens (including phenoxy) is 1. The van der Waals surface area contributed by atoms with Gasteiger partial charge in [0.05, 0.1) is 12.2 Å². The van der Waals surface area contributed by atoms with Crippen LogP contribution >= 0.6 is 11.3 Å². The Labute approximate surface area is 152 Å². The first-order chi connectivity index (χ1) is 12.4. The molecular weight excluding hydrogens is 360 g/mol. The van der Waals surface area contributed by atoms with Gasteiger partial charge < -0.3 is 10.1 Å². The Bertz CT molecular complexity index is 995. The Morgan fingerprint density at radius 2 is 2.08 bits per heavy atom. The summed E-state index contributed by atoms with van der Waals surface area (Å²) in [5.41, 5.74) is -1.57. The number of thiophene rings is 1. The Morgan fingerprint density at radius 3 is 2.69 bits per heavy atom. The zero-order valence-corrected chi connectivity index (χ0v) is 15.0. The second-order valence-electron chi connectivity index (χ2n) is 5.05. The highest BCUT2D eigenvalue weighted by Gasteiger charge is 2.18. The lowest BCUT2D eigenvalue weighted by atomic mass is 10.3. The molecule has 0 saturated heterocycles. The molecular formula is C16H16N4O5S. The van der Waals surface area contributed by atoms with Gasteiger partial charge in [0.1, 0.15) is 23.2 Å². The first kappa shape index (κ1) is 19.1. The highest BCUT2D eigenvalue weighted by Crippen LogP contribution is 2.24. The molecule has 0 aromatic carbocycles. The molecule has 1 N–H and O–H groups in total. The number of hydrogen-bond donors (Lipinski definition) is 1. The van der Waals surface area contributed by atoms with E-state index in [9.17, 15) is 19.2 Å². The number of amides is 1. The van der Waals surface area contributed by atoms with E-state index in [2.05, 4.69) is 5.32 Å². The van der Waals surface area contributed by atoms with Crippen LogP contribution in [0.3, 0.4) is 0 Å². The van der Waals surface area contributed by atoms with Crippen molar-refractivity contribution < 1.29 is 14.3 Å². The minimum Gasteiger partial charge on any atom is -0.462 e. The van der Waals surface area contributed by atoms with Gasteiger partial charge in [-0.05, 0) is 25.3 Å². The van der Waals surface area contributed by atoms with Crippen molar-refractivity contribution in [3.63, 3.8) is 0 Å². The SMILES string of the molecule is CCOC(=O)c1ccsc1NC(=O)Cn1c(=O)c(C#N)cn(CC)c1=O. The number of nitriles is 1. The van der Waals surface area contributed by atoms with E-state index in [4.69, 9.17) is 10.00 Å². The van der Waals surface area contributed by atoms with Crippen molar-refractivity contribution in [2.45, 2.75) is 26.9 Å². The van der Waals surface area contributed by atoms with E-state index >= 15 is 0 Å². The maximum absolute atomic E-state index is 12.3. The number of rotatable bonds is 6. The standard InChI is InChI=1S/C16H16N4O5S/c1-3-19-8-10(7-17)14(22)20(16(19)24)9-12(21)18-13-11(5-6-26-13)15(23)25-4-2/h5-6,8H,3-4,9H2,1-2H3,(H,18,21). The van der Waals surface area contributed by atoms with Crippen molar-refractivity contribution in [3.8, 4) is 6.07 Å². The summed E-state index contributed by atoms with van der Waals surface area (Å²) in [6, 6.07) is 3.22. The van der Waals surface area contributed by atoms with Gasteiger partial charge in [-0.3, -0.25) is 14.2 Å². The van der Waals surface area contributed by atoms with Crippen LogP contribution in [0.2, 0.25) is 0 Å². The lowest BCUT2D eigenvalue weighted by Gasteiger charge is -2.10. The van der Waals surface area contributed by atoms with E-state index in [1.165, 1.54) is 10.6 Å². The molecule has 0 saturated carbocycles. The van der Waals surface area contributed by atoms with Crippen LogP contribution in [-0.2, 0) is 22.6 Å². The monoisotopic (exact) mass is 376 g/mol. The van der Waals surface area contributed by atoms with Gasteiger partial charge in [-0.25, -0.2) is 14.2 Å². The normalized spacial score (nSPS) is 10.2. The molecule has 1 amide bonds. The van der Waals surface area contributed by atoms with Gasteiger partial charge in [-0.2, -0.15) is 5.26 Å². The van der Waals surface area contributed by atoms with Gasteiger partial charge in [0.2, 0.25) is 5.91 Å². The van der Waals surface area contributed by atoms with Gasteiger partial charge in [-0.15, -0.1) is 11.3 Å². The predicted octanol–water partition coefficient (Wildman–Crippen LogP) is 0.778. The Hall–Kier alpha value is -3.19. The van der Waals surface area contributed by atoms with E-state index in [0.29, 0.717) is 4.57 Å². The van der Waals surface area contributed by atoms with Crippen molar-refractivity contribution in [1.29, 1.82) is 5.26 Å². The minimum atomic E-state index is -0.839. The lowest BCUT2D eigenvalue weighted by Crippen LogP contribution is -2.43. The summed E-state index contributed by atoms with van der Waals surface area (Å²) in [6.45, 7) is 3.19. The summed E-state index contributed by atoms with van der Waals surface area (Å²) in [7, 11) is 0. The van der Waals surface area contributed by atoms with Gasteiger partial charge in [0.15, 0.2) is 0 Å². The molecule has 0 bridgehead atoms. The molecule has 9 nitrogen and oxygen atoms in total. The zero-order chi connectivity index (χ0) is 19.3. The lowest BCUT2D eigenvalue weighted by molar-refractivity contribution is -0.116. The molecule has 0 radical (unpaired) electrons. The maximum Gasteiger partial charge on any atom is 0.341 e. The zero-order valence-electron chi connectivity index (χ0n) is 14.1. The molecule has 10 heteroatoms. The van der Waals surface area contributed by atoms with Crippen LogP contribution in [0.5, 0.6) is 0 Å². The number of nitrogens with zero attached hydrogens (tertiary/aromatic N) is 3. The van der Waals surface area contributed by atoms with Crippen LogP contribution < -0.4 is 16.6 Å². The molecule has 0 unspecified atom stereocenters. The fourth-order valence-corrected chi connectivity index (χ4v) is 2.97. The highest BCUT2D eigenvalue weighted by atomic mass is 32.1. The van der Waals surface area contributed by atoms with Crippen LogP contribution in [0.1, 0.15) is 29.8 Å². The van der Waals surface area contributed by atoms with Crippen molar-refractivity contribution in [1.82, 2.24) is 9.13 Å². The number of aromatic nitrogens is 2. The number of carbonyl (C=O) groups excluding carboxylic acids is 2. The fourth-order valence-electron chi connectivity index (χ4n) is 2.18. The number of carbonyl (C=O) groups is 2. The number of nitrogens with one attached hydrogen (secondary N) is 1. The van der Waals surface area contributed by atoms with Gasteiger partial charge in [0, 0.05) is 12.7 Å². The van der Waals surface area contributed by atoms with E-state index < -0.39 is 29.7 Å². The molecule has 2 rings (SSSR count). The Balaban J connectivity index is 2.29. The number of aryl methyl sites for hydroxylation is 1. The van der Waals surface area contributed by atoms with Crippen molar-refractivity contribution in [2.24, 2.45) is 0 Å². The summed E-state index contributed by atoms with van der Waals surface area (Å²) >= 11 is 1.11. The molecule has 136 valence electrons. The maximum atomic E-state index is 12.3. The van der Waals surface area contributed by atoms with E-state index in [1.807, 2.05) is 0 Å². The van der Waals surface area contributed by atoms with Crippen LogP contribution in [0.25, 0.3) is 0 Å². The number of esters is 1. The molecule has 2 heterocycles. The third-order valence-corrected chi connectivity index (χ3v) is 4.24. The summed E-state index contributed by atoms with van der Waals surface area (Å²) < 4.78 is 6.76. The van der Waals surface area contributed by atoms with E-state index in [0.717, 1.165) is 17.5 Å². The van der Waals surface area contributed by atoms with E-state index in [1.54, 1.807) is 25.3 Å². The summed E-state index contributed by atoms with van der Waals surface area (Å²) in [5, 5.41) is 13.4. The average Bonchev–Trinajstić information content (AvgIpc) is 3.07. The topological polar surface area (TPSA) is 123 Å². The Kier molecular flexibility index (Phi) is 6.08. The average molecular weight is 376 g/mol. The third-order valence-electron chi connectivity index (χ3n) is 3.41. The first-order valence-corrected chi connectivity index (χ1v) is 8.59. The van der Waals surface area contributed by atoms with Crippen LogP contribution in [-0.4, -0.2) is 27.6 Å². The molecule has 0 spiro atoms. The predicted molar refractivity (Wildman–Crippen MR) is 94.3 cm³/mol. The summed E-state index contributed by atoms with van der Waals surface area (Å²) in [4.78, 5) is 48.5. The number of anilines is 1. The highest BCUT2D eigenvalue weighted by molar-refractivity contribution is 7.14. The van der Waals surface area contributed by atoms with Crippen LogP contribution in [0.15, 0.2) is 27.2 Å². The second kappa shape index (κ2) is 8.26.